The number of pyridine rings is 2. The second kappa shape index (κ2) is 6.65. The Morgan fingerprint density at radius 2 is 0.950 bits per heavy atom. The molecule has 0 aromatic carbocycles. The van der Waals surface area contributed by atoms with E-state index >= 15 is 0 Å². The summed E-state index contributed by atoms with van der Waals surface area (Å²) in [7, 11) is 0. The van der Waals surface area contributed by atoms with E-state index in [0.717, 1.165) is 13.1 Å². The maximum Gasteiger partial charge on any atom is 0.169 e. The molecule has 0 saturated carbocycles. The molecule has 2 aromatic heterocycles. The molecule has 0 aliphatic rings. The predicted octanol–water partition coefficient (Wildman–Crippen LogP) is 3.24. The summed E-state index contributed by atoms with van der Waals surface area (Å²) in [5.74, 6) is 1.36. The average molecular weight is 270 g/mol. The highest BCUT2D eigenvalue weighted by Crippen LogP contribution is 2.15. The van der Waals surface area contributed by atoms with E-state index in [2.05, 4.69) is 85.9 Å². The Labute approximate surface area is 122 Å². The summed E-state index contributed by atoms with van der Waals surface area (Å²) in [4.78, 5) is 0. The van der Waals surface area contributed by atoms with Crippen LogP contribution in [0.2, 0.25) is 0 Å². The fraction of sp³-hybridized carbons (Fsp3) is 0.444. The Bertz CT molecular complexity index is 473. The Morgan fingerprint density at radius 1 is 0.650 bits per heavy atom. The monoisotopic (exact) mass is 270 g/mol. The highest BCUT2D eigenvalue weighted by molar-refractivity contribution is 5.60. The van der Waals surface area contributed by atoms with Crippen molar-refractivity contribution in [2.75, 3.05) is 0 Å². The fourth-order valence-electron chi connectivity index (χ4n) is 2.39. The van der Waals surface area contributed by atoms with E-state index in [1.807, 2.05) is 0 Å². The third-order valence-corrected chi connectivity index (χ3v) is 3.27. The van der Waals surface area contributed by atoms with E-state index in [0.29, 0.717) is 11.8 Å². The first-order valence-corrected chi connectivity index (χ1v) is 7.53. The van der Waals surface area contributed by atoms with Gasteiger partial charge < -0.3 is 0 Å². The summed E-state index contributed by atoms with van der Waals surface area (Å²) in [5, 5.41) is 0. The van der Waals surface area contributed by atoms with Gasteiger partial charge in [0.15, 0.2) is 37.9 Å². The van der Waals surface area contributed by atoms with Gasteiger partial charge in [0.25, 0.3) is 0 Å². The molecule has 0 amide bonds. The number of aromatic nitrogens is 2. The lowest BCUT2D eigenvalue weighted by Gasteiger charge is -2.03. The van der Waals surface area contributed by atoms with E-state index in [-0.39, 0.29) is 0 Å². The molecule has 2 aromatic rings. The largest absolute Gasteiger partial charge is 0.205 e. The van der Waals surface area contributed by atoms with Crippen molar-refractivity contribution in [1.82, 2.24) is 0 Å². The summed E-state index contributed by atoms with van der Waals surface area (Å²) in [6.07, 6.45) is 8.68. The lowest BCUT2D eigenvalue weighted by molar-refractivity contribution is -0.702. The van der Waals surface area contributed by atoms with Gasteiger partial charge in [-0.15, -0.1) is 0 Å². The molecule has 20 heavy (non-hydrogen) atoms. The number of hydrogen-bond acceptors (Lipinski definition) is 0. The SMILES string of the molecule is CC(C)C[n+]1ccc(-c2cc[n+](CC(C)C)cc2)cc1. The second-order valence-electron chi connectivity index (χ2n) is 6.35. The standard InChI is InChI=1S/C18H26N2/c1-15(2)13-19-9-5-17(6-10-19)18-7-11-20(12-8-18)14-16(3)4/h5-12,15-16H,13-14H2,1-4H3/q+2. The molecule has 2 nitrogen and oxygen atoms in total. The van der Waals surface area contributed by atoms with Gasteiger partial charge in [-0.3, -0.25) is 0 Å². The van der Waals surface area contributed by atoms with Gasteiger partial charge in [-0.2, -0.15) is 0 Å². The smallest absolute Gasteiger partial charge is 0.169 e. The van der Waals surface area contributed by atoms with Gasteiger partial charge in [0, 0.05) is 36.1 Å². The Kier molecular flexibility index (Phi) is 4.89. The summed E-state index contributed by atoms with van der Waals surface area (Å²) >= 11 is 0. The molecule has 0 radical (unpaired) electrons. The van der Waals surface area contributed by atoms with Crippen molar-refractivity contribution < 1.29 is 9.13 Å². The molecule has 0 aliphatic heterocycles. The van der Waals surface area contributed by atoms with E-state index in [1.165, 1.54) is 11.1 Å². The maximum absolute atomic E-state index is 2.25. The molecule has 0 bridgehead atoms. The van der Waals surface area contributed by atoms with Crippen LogP contribution in [-0.2, 0) is 13.1 Å². The molecule has 0 saturated heterocycles. The van der Waals surface area contributed by atoms with Crippen LogP contribution in [0.5, 0.6) is 0 Å². The summed E-state index contributed by atoms with van der Waals surface area (Å²) < 4.78 is 4.49. The minimum atomic E-state index is 0.678. The molecule has 0 N–H and O–H groups in total. The second-order valence-corrected chi connectivity index (χ2v) is 6.35. The third kappa shape index (κ3) is 4.16. The van der Waals surface area contributed by atoms with Gasteiger partial charge in [-0.1, -0.05) is 27.7 Å². The molecule has 2 heterocycles. The predicted molar refractivity (Wildman–Crippen MR) is 81.9 cm³/mol. The number of nitrogens with zero attached hydrogens (tertiary/aromatic N) is 2. The highest BCUT2D eigenvalue weighted by atomic mass is 14.9. The zero-order valence-corrected chi connectivity index (χ0v) is 13.1. The molecule has 0 atom stereocenters. The van der Waals surface area contributed by atoms with Gasteiger partial charge in [0.2, 0.25) is 0 Å². The molecule has 106 valence electrons. The van der Waals surface area contributed by atoms with E-state index in [9.17, 15) is 0 Å². The summed E-state index contributed by atoms with van der Waals surface area (Å²) in [6.45, 7) is 11.1. The van der Waals surface area contributed by atoms with Crippen molar-refractivity contribution in [2.45, 2.75) is 40.8 Å². The van der Waals surface area contributed by atoms with Crippen molar-refractivity contribution in [2.24, 2.45) is 11.8 Å². The van der Waals surface area contributed by atoms with Crippen LogP contribution in [0.25, 0.3) is 11.1 Å². The fourth-order valence-corrected chi connectivity index (χ4v) is 2.39. The molecule has 0 fully saturated rings. The van der Waals surface area contributed by atoms with Gasteiger partial charge in [0.1, 0.15) is 0 Å². The highest BCUT2D eigenvalue weighted by Gasteiger charge is 2.07. The molecule has 0 spiro atoms. The van der Waals surface area contributed by atoms with Gasteiger partial charge in [-0.05, 0) is 11.1 Å². The topological polar surface area (TPSA) is 7.76 Å². The Balaban J connectivity index is 2.11. The molecule has 0 aliphatic carbocycles. The first-order chi connectivity index (χ1) is 9.54. The Morgan fingerprint density at radius 3 is 1.20 bits per heavy atom. The van der Waals surface area contributed by atoms with Crippen molar-refractivity contribution in [3.05, 3.63) is 49.1 Å². The number of hydrogen-bond donors (Lipinski definition) is 0. The van der Waals surface area contributed by atoms with Crippen molar-refractivity contribution in [3.8, 4) is 11.1 Å². The van der Waals surface area contributed by atoms with Crippen LogP contribution in [0.3, 0.4) is 0 Å². The molecular formula is C18H26N2+2. The van der Waals surface area contributed by atoms with Crippen LogP contribution in [0.4, 0.5) is 0 Å². The minimum Gasteiger partial charge on any atom is -0.205 e. The maximum atomic E-state index is 2.25. The molecule has 2 heteroatoms. The first kappa shape index (κ1) is 14.7. The van der Waals surface area contributed by atoms with E-state index in [4.69, 9.17) is 0 Å². The Hall–Kier alpha value is -1.70. The quantitative estimate of drug-likeness (QED) is 0.737. The zero-order chi connectivity index (χ0) is 14.5. The zero-order valence-electron chi connectivity index (χ0n) is 13.1. The van der Waals surface area contributed by atoms with Crippen LogP contribution >= 0.6 is 0 Å². The van der Waals surface area contributed by atoms with Crippen molar-refractivity contribution >= 4 is 0 Å². The third-order valence-electron chi connectivity index (χ3n) is 3.27. The molecule has 2 rings (SSSR count). The first-order valence-electron chi connectivity index (χ1n) is 7.53. The lowest BCUT2D eigenvalue weighted by Crippen LogP contribution is -2.35. The van der Waals surface area contributed by atoms with Crippen molar-refractivity contribution in [1.29, 1.82) is 0 Å². The summed E-state index contributed by atoms with van der Waals surface area (Å²) in [5.41, 5.74) is 2.56. The van der Waals surface area contributed by atoms with Crippen LogP contribution in [0.15, 0.2) is 49.1 Å². The van der Waals surface area contributed by atoms with E-state index < -0.39 is 0 Å². The van der Waals surface area contributed by atoms with Crippen molar-refractivity contribution in [3.63, 3.8) is 0 Å². The van der Waals surface area contributed by atoms with Crippen LogP contribution in [0.1, 0.15) is 27.7 Å². The average Bonchev–Trinajstić information content (AvgIpc) is 2.39. The summed E-state index contributed by atoms with van der Waals surface area (Å²) in [6, 6.07) is 8.80. The normalized spacial score (nSPS) is 11.3. The van der Waals surface area contributed by atoms with Crippen LogP contribution in [-0.4, -0.2) is 0 Å². The minimum absolute atomic E-state index is 0.678. The van der Waals surface area contributed by atoms with Gasteiger partial charge in [-0.25, -0.2) is 9.13 Å². The van der Waals surface area contributed by atoms with Crippen LogP contribution < -0.4 is 9.13 Å². The van der Waals surface area contributed by atoms with Gasteiger partial charge >= 0.3 is 0 Å². The lowest BCUT2D eigenvalue weighted by atomic mass is 10.1. The van der Waals surface area contributed by atoms with Gasteiger partial charge in [0.05, 0.1) is 0 Å². The molecular weight excluding hydrogens is 244 g/mol. The molecule has 0 unspecified atom stereocenters. The number of rotatable bonds is 5. The van der Waals surface area contributed by atoms with Crippen LogP contribution in [0, 0.1) is 11.8 Å². The van der Waals surface area contributed by atoms with E-state index in [1.54, 1.807) is 0 Å².